The zero-order valence-electron chi connectivity index (χ0n) is 12.6. The van der Waals surface area contributed by atoms with Gasteiger partial charge >= 0.3 is 5.97 Å². The average molecular weight is 328 g/mol. The maximum absolute atomic E-state index is 12.1. The summed E-state index contributed by atoms with van der Waals surface area (Å²) < 4.78 is 4.70. The fourth-order valence-corrected chi connectivity index (χ4v) is 3.26. The third-order valence-electron chi connectivity index (χ3n) is 3.38. The molecule has 0 bridgehead atoms. The Hall–Kier alpha value is -1.58. The van der Waals surface area contributed by atoms with E-state index in [2.05, 4.69) is 15.5 Å². The van der Waals surface area contributed by atoms with Gasteiger partial charge < -0.3 is 9.84 Å². The highest BCUT2D eigenvalue weighted by atomic mass is 32.1. The number of methoxy groups -OCH3 is 1. The summed E-state index contributed by atoms with van der Waals surface area (Å²) in [7, 11) is 1.29. The standard InChI is InChI=1S/C13H20N4O4S/c1-3-4-11-15-16-13(22-11)14-10(19)7-17-6-8(18)5-9(17)12(20)21-2/h8-9,18H,3-7H2,1-2H3,(H,14,16,19)/t8-,9+/m0/s1. The van der Waals surface area contributed by atoms with Crippen molar-refractivity contribution in [2.45, 2.75) is 38.3 Å². The SMILES string of the molecule is CCCc1nnc(NC(=O)CN2C[C@@H](O)C[C@@H]2C(=O)OC)s1. The van der Waals surface area contributed by atoms with Crippen molar-refractivity contribution >= 4 is 28.3 Å². The molecule has 2 heterocycles. The first kappa shape index (κ1) is 16.8. The summed E-state index contributed by atoms with van der Waals surface area (Å²) in [6, 6.07) is -0.587. The summed E-state index contributed by atoms with van der Waals surface area (Å²) in [5.74, 6) is -0.729. The molecule has 0 unspecified atom stereocenters. The Morgan fingerprint density at radius 2 is 2.27 bits per heavy atom. The predicted molar refractivity (Wildman–Crippen MR) is 80.5 cm³/mol. The number of rotatable bonds is 6. The average Bonchev–Trinajstić information content (AvgIpc) is 3.05. The van der Waals surface area contributed by atoms with Crippen molar-refractivity contribution in [3.63, 3.8) is 0 Å². The van der Waals surface area contributed by atoms with Crippen LogP contribution in [0.25, 0.3) is 0 Å². The van der Waals surface area contributed by atoms with Crippen LogP contribution in [-0.4, -0.2) is 64.4 Å². The molecule has 1 amide bonds. The van der Waals surface area contributed by atoms with E-state index in [1.807, 2.05) is 6.92 Å². The third kappa shape index (κ3) is 4.21. The number of nitrogens with one attached hydrogen (secondary N) is 1. The molecule has 1 saturated heterocycles. The molecule has 0 spiro atoms. The van der Waals surface area contributed by atoms with Crippen LogP contribution in [0.3, 0.4) is 0 Å². The van der Waals surface area contributed by atoms with Crippen LogP contribution in [0.15, 0.2) is 0 Å². The molecule has 0 aromatic carbocycles. The lowest BCUT2D eigenvalue weighted by molar-refractivity contribution is -0.146. The summed E-state index contributed by atoms with van der Waals surface area (Å²) in [6.07, 6.45) is 1.44. The molecule has 0 radical (unpaired) electrons. The molecule has 1 fully saturated rings. The summed E-state index contributed by atoms with van der Waals surface area (Å²) in [6.45, 7) is 2.31. The Bertz CT molecular complexity index is 536. The third-order valence-corrected chi connectivity index (χ3v) is 4.28. The van der Waals surface area contributed by atoms with Crippen molar-refractivity contribution in [1.29, 1.82) is 0 Å². The predicted octanol–water partition coefficient (Wildman–Crippen LogP) is 0.0373. The van der Waals surface area contributed by atoms with Crippen molar-refractivity contribution in [3.8, 4) is 0 Å². The van der Waals surface area contributed by atoms with Crippen molar-refractivity contribution in [2.24, 2.45) is 0 Å². The molecular formula is C13H20N4O4S. The first-order chi connectivity index (χ1) is 10.5. The highest BCUT2D eigenvalue weighted by molar-refractivity contribution is 7.15. The number of aliphatic hydroxyl groups excluding tert-OH is 1. The number of ether oxygens (including phenoxy) is 1. The van der Waals surface area contributed by atoms with Crippen LogP contribution in [0.5, 0.6) is 0 Å². The van der Waals surface area contributed by atoms with Gasteiger partial charge in [-0.1, -0.05) is 18.3 Å². The highest BCUT2D eigenvalue weighted by Crippen LogP contribution is 2.20. The van der Waals surface area contributed by atoms with Crippen LogP contribution in [0.4, 0.5) is 5.13 Å². The van der Waals surface area contributed by atoms with Crippen LogP contribution >= 0.6 is 11.3 Å². The summed E-state index contributed by atoms with van der Waals surface area (Å²) in [5, 5.41) is 21.6. The number of carbonyl (C=O) groups excluding carboxylic acids is 2. The van der Waals surface area contributed by atoms with E-state index >= 15 is 0 Å². The van der Waals surface area contributed by atoms with Gasteiger partial charge in [-0.25, -0.2) is 0 Å². The summed E-state index contributed by atoms with van der Waals surface area (Å²) in [4.78, 5) is 25.3. The number of nitrogens with zero attached hydrogens (tertiary/aromatic N) is 3. The van der Waals surface area contributed by atoms with E-state index in [1.165, 1.54) is 18.4 Å². The lowest BCUT2D eigenvalue weighted by Gasteiger charge is -2.20. The molecule has 1 aliphatic rings. The number of aliphatic hydroxyl groups is 1. The second-order valence-electron chi connectivity index (χ2n) is 5.16. The largest absolute Gasteiger partial charge is 0.468 e. The number of aryl methyl sites for hydroxylation is 1. The Labute approximate surface area is 132 Å². The second kappa shape index (κ2) is 7.61. The van der Waals surface area contributed by atoms with E-state index in [9.17, 15) is 14.7 Å². The fourth-order valence-electron chi connectivity index (χ4n) is 2.40. The smallest absolute Gasteiger partial charge is 0.323 e. The molecule has 22 heavy (non-hydrogen) atoms. The van der Waals surface area contributed by atoms with Crippen molar-refractivity contribution < 1.29 is 19.4 Å². The molecule has 1 aromatic rings. The first-order valence-electron chi connectivity index (χ1n) is 7.15. The van der Waals surface area contributed by atoms with Gasteiger partial charge in [0.25, 0.3) is 0 Å². The lowest BCUT2D eigenvalue weighted by Crippen LogP contribution is -2.41. The van der Waals surface area contributed by atoms with Crippen LogP contribution in [0.1, 0.15) is 24.8 Å². The molecule has 8 nitrogen and oxygen atoms in total. The van der Waals surface area contributed by atoms with Gasteiger partial charge in [-0.3, -0.25) is 19.8 Å². The summed E-state index contributed by atoms with van der Waals surface area (Å²) in [5.41, 5.74) is 0. The van der Waals surface area contributed by atoms with Gasteiger partial charge in [0.2, 0.25) is 11.0 Å². The lowest BCUT2D eigenvalue weighted by atomic mass is 10.2. The number of anilines is 1. The number of carbonyl (C=O) groups is 2. The van der Waals surface area contributed by atoms with E-state index in [-0.39, 0.29) is 25.4 Å². The number of hydrogen-bond donors (Lipinski definition) is 2. The molecule has 0 aliphatic carbocycles. The Kier molecular flexibility index (Phi) is 5.81. The number of likely N-dealkylation sites (tertiary alicyclic amines) is 1. The number of aromatic nitrogens is 2. The molecule has 0 saturated carbocycles. The van der Waals surface area contributed by atoms with Crippen LogP contribution in [0, 0.1) is 0 Å². The van der Waals surface area contributed by atoms with E-state index in [0.717, 1.165) is 17.8 Å². The van der Waals surface area contributed by atoms with Crippen molar-refractivity contribution in [2.75, 3.05) is 25.5 Å². The van der Waals surface area contributed by atoms with Gasteiger partial charge in [-0.05, 0) is 6.42 Å². The molecule has 1 aromatic heterocycles. The summed E-state index contributed by atoms with van der Waals surface area (Å²) >= 11 is 1.34. The molecule has 2 N–H and O–H groups in total. The van der Waals surface area contributed by atoms with Gasteiger partial charge in [0.1, 0.15) is 11.0 Å². The van der Waals surface area contributed by atoms with Crippen molar-refractivity contribution in [1.82, 2.24) is 15.1 Å². The minimum absolute atomic E-state index is 0.000478. The van der Waals surface area contributed by atoms with Crippen molar-refractivity contribution in [3.05, 3.63) is 5.01 Å². The topological polar surface area (TPSA) is 105 Å². The highest BCUT2D eigenvalue weighted by Gasteiger charge is 2.37. The Balaban J connectivity index is 1.91. The van der Waals surface area contributed by atoms with Gasteiger partial charge in [0.15, 0.2) is 0 Å². The zero-order chi connectivity index (χ0) is 16.1. The van der Waals surface area contributed by atoms with Crippen LogP contribution < -0.4 is 5.32 Å². The van der Waals surface area contributed by atoms with Gasteiger partial charge in [0, 0.05) is 19.4 Å². The number of amides is 1. The van der Waals surface area contributed by atoms with Gasteiger partial charge in [-0.2, -0.15) is 0 Å². The molecule has 122 valence electrons. The van der Waals surface area contributed by atoms with E-state index < -0.39 is 18.1 Å². The van der Waals surface area contributed by atoms with Gasteiger partial charge in [-0.15, -0.1) is 10.2 Å². The minimum Gasteiger partial charge on any atom is -0.468 e. The maximum atomic E-state index is 12.1. The molecule has 2 atom stereocenters. The molecule has 1 aliphatic heterocycles. The minimum atomic E-state index is -0.630. The van der Waals surface area contributed by atoms with Gasteiger partial charge in [0.05, 0.1) is 19.8 Å². The van der Waals surface area contributed by atoms with E-state index in [1.54, 1.807) is 4.90 Å². The number of hydrogen-bond acceptors (Lipinski definition) is 8. The number of β-amino-alcohol motifs (C(OH)–C–C–N with tert-alkyl or cyclic N) is 1. The monoisotopic (exact) mass is 328 g/mol. The second-order valence-corrected chi connectivity index (χ2v) is 6.22. The Morgan fingerprint density at radius 3 is 2.95 bits per heavy atom. The van der Waals surface area contributed by atoms with E-state index in [4.69, 9.17) is 4.74 Å². The molecule has 2 rings (SSSR count). The van der Waals surface area contributed by atoms with Crippen LogP contribution in [-0.2, 0) is 20.7 Å². The first-order valence-corrected chi connectivity index (χ1v) is 7.97. The molecular weight excluding hydrogens is 308 g/mol. The zero-order valence-corrected chi connectivity index (χ0v) is 13.4. The fraction of sp³-hybridized carbons (Fsp3) is 0.692. The number of esters is 1. The molecule has 9 heteroatoms. The normalized spacial score (nSPS) is 21.8. The Morgan fingerprint density at radius 1 is 1.50 bits per heavy atom. The quantitative estimate of drug-likeness (QED) is 0.710. The maximum Gasteiger partial charge on any atom is 0.323 e. The van der Waals surface area contributed by atoms with Crippen LogP contribution in [0.2, 0.25) is 0 Å². The van der Waals surface area contributed by atoms with E-state index in [0.29, 0.717) is 5.13 Å².